The van der Waals surface area contributed by atoms with E-state index >= 15 is 0 Å². The van der Waals surface area contributed by atoms with E-state index in [4.69, 9.17) is 4.74 Å². The van der Waals surface area contributed by atoms with E-state index in [-0.39, 0.29) is 0 Å². The van der Waals surface area contributed by atoms with Gasteiger partial charge in [-0.05, 0) is 32.6 Å². The van der Waals surface area contributed by atoms with Crippen LogP contribution in [-0.2, 0) is 6.54 Å². The summed E-state index contributed by atoms with van der Waals surface area (Å²) in [6.45, 7) is 7.61. The first kappa shape index (κ1) is 14.9. The van der Waals surface area contributed by atoms with Crippen molar-refractivity contribution >= 4 is 0 Å². The molecule has 1 N–H and O–H groups in total. The Bertz CT molecular complexity index is 291. The zero-order chi connectivity index (χ0) is 13.4. The quantitative estimate of drug-likeness (QED) is 0.752. The predicted octanol–water partition coefficient (Wildman–Crippen LogP) is 1.16. The van der Waals surface area contributed by atoms with Crippen LogP contribution in [0, 0.1) is 5.92 Å². The van der Waals surface area contributed by atoms with Gasteiger partial charge in [0.25, 0.3) is 0 Å². The largest absolute Gasteiger partial charge is 0.475 e. The maximum atomic E-state index is 5.48. The smallest absolute Gasteiger partial charge is 0.233 e. The molecule has 0 aliphatic carbocycles. The summed E-state index contributed by atoms with van der Waals surface area (Å²) in [4.78, 5) is 2.07. The molecule has 0 atom stereocenters. The van der Waals surface area contributed by atoms with E-state index in [0.29, 0.717) is 18.4 Å². The summed E-state index contributed by atoms with van der Waals surface area (Å²) in [5.41, 5.74) is 0.940. The van der Waals surface area contributed by atoms with Gasteiger partial charge in [-0.25, -0.2) is 0 Å². The highest BCUT2D eigenvalue weighted by atomic mass is 16.5. The molecule has 1 heterocycles. The van der Waals surface area contributed by atoms with Crippen molar-refractivity contribution in [3.63, 3.8) is 0 Å². The van der Waals surface area contributed by atoms with Crippen LogP contribution in [0.4, 0.5) is 0 Å². The predicted molar refractivity (Wildman–Crippen MR) is 72.6 cm³/mol. The summed E-state index contributed by atoms with van der Waals surface area (Å²) >= 11 is 0. The molecule has 1 aromatic heterocycles. The number of aromatic nitrogens is 2. The van der Waals surface area contributed by atoms with E-state index in [1.165, 1.54) is 0 Å². The normalized spacial score (nSPS) is 11.2. The Labute approximate surface area is 110 Å². The third kappa shape index (κ3) is 6.51. The Morgan fingerprint density at radius 3 is 2.61 bits per heavy atom. The molecular weight excluding hydrogens is 228 g/mol. The van der Waals surface area contributed by atoms with E-state index < -0.39 is 0 Å². The van der Waals surface area contributed by atoms with Gasteiger partial charge in [-0.15, -0.1) is 5.10 Å². The second kappa shape index (κ2) is 8.00. The second-order valence-electron chi connectivity index (χ2n) is 5.04. The Morgan fingerprint density at radius 2 is 2.06 bits per heavy atom. The topological polar surface area (TPSA) is 50.3 Å². The minimum absolute atomic E-state index is 0.587. The van der Waals surface area contributed by atoms with Gasteiger partial charge in [0.15, 0.2) is 0 Å². The average Bonchev–Trinajstić information content (AvgIpc) is 2.30. The minimum Gasteiger partial charge on any atom is -0.475 e. The number of hydrogen-bond acceptors (Lipinski definition) is 5. The van der Waals surface area contributed by atoms with Gasteiger partial charge in [0.2, 0.25) is 5.88 Å². The first-order valence-electron chi connectivity index (χ1n) is 6.38. The van der Waals surface area contributed by atoms with Crippen molar-refractivity contribution in [1.82, 2.24) is 20.4 Å². The SMILES string of the molecule is CC(C)CNCc1ccc(OCCN(C)C)nn1. The summed E-state index contributed by atoms with van der Waals surface area (Å²) in [7, 11) is 4.02. The minimum atomic E-state index is 0.587. The maximum absolute atomic E-state index is 5.48. The van der Waals surface area contributed by atoms with Crippen molar-refractivity contribution in [2.45, 2.75) is 20.4 Å². The third-order valence-corrected chi connectivity index (χ3v) is 2.34. The summed E-state index contributed by atoms with van der Waals surface area (Å²) in [6, 6.07) is 3.82. The molecule has 0 fully saturated rings. The molecule has 0 aliphatic heterocycles. The van der Waals surface area contributed by atoms with Gasteiger partial charge in [-0.3, -0.25) is 0 Å². The third-order valence-electron chi connectivity index (χ3n) is 2.34. The van der Waals surface area contributed by atoms with E-state index in [0.717, 1.165) is 25.3 Å². The fourth-order valence-corrected chi connectivity index (χ4v) is 1.34. The van der Waals surface area contributed by atoms with E-state index in [2.05, 4.69) is 34.3 Å². The van der Waals surface area contributed by atoms with Gasteiger partial charge < -0.3 is 15.0 Å². The lowest BCUT2D eigenvalue weighted by atomic mass is 10.2. The summed E-state index contributed by atoms with van der Waals surface area (Å²) in [5, 5.41) is 11.5. The van der Waals surface area contributed by atoms with Gasteiger partial charge in [-0.2, -0.15) is 5.10 Å². The van der Waals surface area contributed by atoms with Crippen LogP contribution >= 0.6 is 0 Å². The number of ether oxygens (including phenoxy) is 1. The molecule has 1 rings (SSSR count). The van der Waals surface area contributed by atoms with Crippen LogP contribution in [-0.4, -0.2) is 48.9 Å². The zero-order valence-electron chi connectivity index (χ0n) is 11.8. The molecule has 0 unspecified atom stereocenters. The van der Waals surface area contributed by atoms with Gasteiger partial charge in [0, 0.05) is 19.2 Å². The molecule has 0 aromatic carbocycles. The standard InChI is InChI=1S/C13H24N4O/c1-11(2)9-14-10-12-5-6-13(16-15-12)18-8-7-17(3)4/h5-6,11,14H,7-10H2,1-4H3. The van der Waals surface area contributed by atoms with Crippen molar-refractivity contribution in [2.24, 2.45) is 5.92 Å². The van der Waals surface area contributed by atoms with Crippen molar-refractivity contribution in [3.8, 4) is 5.88 Å². The molecule has 0 amide bonds. The molecule has 0 spiro atoms. The monoisotopic (exact) mass is 252 g/mol. The number of nitrogens with zero attached hydrogens (tertiary/aromatic N) is 3. The fourth-order valence-electron chi connectivity index (χ4n) is 1.34. The lowest BCUT2D eigenvalue weighted by Crippen LogP contribution is -2.20. The molecule has 0 saturated heterocycles. The van der Waals surface area contributed by atoms with Crippen molar-refractivity contribution < 1.29 is 4.74 Å². The van der Waals surface area contributed by atoms with Gasteiger partial charge in [0.1, 0.15) is 6.61 Å². The Kier molecular flexibility index (Phi) is 6.60. The van der Waals surface area contributed by atoms with Crippen LogP contribution in [0.2, 0.25) is 0 Å². The molecular formula is C13H24N4O. The Hall–Kier alpha value is -1.20. The van der Waals surface area contributed by atoms with Crippen LogP contribution in [0.3, 0.4) is 0 Å². The molecule has 0 aliphatic rings. The molecule has 5 heteroatoms. The highest BCUT2D eigenvalue weighted by Crippen LogP contribution is 2.04. The van der Waals surface area contributed by atoms with Gasteiger partial charge >= 0.3 is 0 Å². The number of likely N-dealkylation sites (N-methyl/N-ethyl adjacent to an activating group) is 1. The van der Waals surface area contributed by atoms with Gasteiger partial charge in [0.05, 0.1) is 5.69 Å². The van der Waals surface area contributed by atoms with Crippen LogP contribution in [0.25, 0.3) is 0 Å². The second-order valence-corrected chi connectivity index (χ2v) is 5.04. The number of rotatable bonds is 8. The average molecular weight is 252 g/mol. The zero-order valence-corrected chi connectivity index (χ0v) is 11.8. The maximum Gasteiger partial charge on any atom is 0.233 e. The number of nitrogens with one attached hydrogen (secondary N) is 1. The number of hydrogen-bond donors (Lipinski definition) is 1. The lowest BCUT2D eigenvalue weighted by molar-refractivity contribution is 0.251. The van der Waals surface area contributed by atoms with Crippen molar-refractivity contribution in [2.75, 3.05) is 33.8 Å². The first-order chi connectivity index (χ1) is 8.58. The lowest BCUT2D eigenvalue weighted by Gasteiger charge is -2.10. The van der Waals surface area contributed by atoms with Crippen molar-refractivity contribution in [3.05, 3.63) is 17.8 Å². The van der Waals surface area contributed by atoms with E-state index in [1.54, 1.807) is 0 Å². The van der Waals surface area contributed by atoms with E-state index in [9.17, 15) is 0 Å². The molecule has 0 saturated carbocycles. The summed E-state index contributed by atoms with van der Waals surface area (Å²) in [6.07, 6.45) is 0. The Morgan fingerprint density at radius 1 is 1.28 bits per heavy atom. The van der Waals surface area contributed by atoms with Crippen LogP contribution in [0.1, 0.15) is 19.5 Å². The van der Waals surface area contributed by atoms with Crippen LogP contribution in [0.15, 0.2) is 12.1 Å². The fraction of sp³-hybridized carbons (Fsp3) is 0.692. The molecule has 1 aromatic rings. The van der Waals surface area contributed by atoms with Gasteiger partial charge in [-0.1, -0.05) is 13.8 Å². The van der Waals surface area contributed by atoms with E-state index in [1.807, 2.05) is 26.2 Å². The highest BCUT2D eigenvalue weighted by Gasteiger charge is 2.00. The summed E-state index contributed by atoms with van der Waals surface area (Å²) in [5.74, 6) is 1.23. The molecule has 18 heavy (non-hydrogen) atoms. The molecule has 0 radical (unpaired) electrons. The first-order valence-corrected chi connectivity index (χ1v) is 6.38. The van der Waals surface area contributed by atoms with Crippen molar-refractivity contribution in [1.29, 1.82) is 0 Å². The summed E-state index contributed by atoms with van der Waals surface area (Å²) < 4.78 is 5.48. The van der Waals surface area contributed by atoms with Crippen LogP contribution < -0.4 is 10.1 Å². The molecule has 5 nitrogen and oxygen atoms in total. The Balaban J connectivity index is 2.28. The van der Waals surface area contributed by atoms with Crippen LogP contribution in [0.5, 0.6) is 5.88 Å². The highest BCUT2D eigenvalue weighted by molar-refractivity contribution is 5.11. The molecule has 102 valence electrons. The molecule has 0 bridgehead atoms.